The van der Waals surface area contributed by atoms with E-state index in [9.17, 15) is 18.7 Å². The molecule has 1 aliphatic heterocycles. The normalized spacial score (nSPS) is 16.9. The Hall–Kier alpha value is -3.17. The maximum atomic E-state index is 14.6. The fraction of sp³-hybridized carbons (Fsp3) is 0.400. The first-order valence-electron chi connectivity index (χ1n) is 11.2. The number of piperidine rings is 1. The predicted octanol–water partition coefficient (Wildman–Crippen LogP) is 3.38. The number of aromatic nitrogens is 3. The topological polar surface area (TPSA) is 80.5 Å². The minimum atomic E-state index is -1.66. The van der Waals surface area contributed by atoms with Gasteiger partial charge in [0, 0.05) is 31.3 Å². The number of hydrogen-bond donors (Lipinski definition) is 1. The maximum absolute atomic E-state index is 14.6. The third kappa shape index (κ3) is 5.48. The Labute approximate surface area is 197 Å². The Balaban J connectivity index is 1.42. The van der Waals surface area contributed by atoms with Crippen LogP contribution in [0.4, 0.5) is 8.78 Å². The summed E-state index contributed by atoms with van der Waals surface area (Å²) >= 11 is 0. The summed E-state index contributed by atoms with van der Waals surface area (Å²) in [5.41, 5.74) is 0.851. The number of rotatable bonds is 7. The van der Waals surface area contributed by atoms with Crippen molar-refractivity contribution >= 4 is 5.97 Å². The Kier molecular flexibility index (Phi) is 7.04. The average Bonchev–Trinajstić information content (AvgIpc) is 3.27. The Bertz CT molecular complexity index is 1150. The quantitative estimate of drug-likeness (QED) is 0.534. The summed E-state index contributed by atoms with van der Waals surface area (Å²) < 4.78 is 35.3. The number of aryl methyl sites for hydroxylation is 2. The van der Waals surface area contributed by atoms with E-state index in [4.69, 9.17) is 4.74 Å². The van der Waals surface area contributed by atoms with E-state index in [0.717, 1.165) is 23.3 Å². The van der Waals surface area contributed by atoms with Crippen molar-refractivity contribution in [1.29, 1.82) is 0 Å². The molecule has 1 saturated heterocycles. The number of aliphatic hydroxyl groups is 1. The summed E-state index contributed by atoms with van der Waals surface area (Å²) in [6.07, 6.45) is 3.70. The van der Waals surface area contributed by atoms with Gasteiger partial charge in [-0.3, -0.25) is 4.90 Å². The lowest BCUT2D eigenvalue weighted by Crippen LogP contribution is -2.48. The van der Waals surface area contributed by atoms with Crippen LogP contribution in [0.2, 0.25) is 0 Å². The van der Waals surface area contributed by atoms with Crippen molar-refractivity contribution in [3.05, 3.63) is 82.9 Å². The Morgan fingerprint density at radius 1 is 1.15 bits per heavy atom. The van der Waals surface area contributed by atoms with E-state index in [2.05, 4.69) is 10.1 Å². The summed E-state index contributed by atoms with van der Waals surface area (Å²) in [6.45, 7) is 5.02. The molecule has 3 aromatic rings. The number of carbonyl (C=O) groups excluding carboxylic acids is 1. The first-order valence-corrected chi connectivity index (χ1v) is 11.2. The Morgan fingerprint density at radius 3 is 2.56 bits per heavy atom. The largest absolute Gasteiger partial charge is 0.459 e. The molecule has 34 heavy (non-hydrogen) atoms. The fourth-order valence-electron chi connectivity index (χ4n) is 4.48. The van der Waals surface area contributed by atoms with Crippen LogP contribution < -0.4 is 0 Å². The molecule has 0 radical (unpaired) electrons. The Morgan fingerprint density at radius 2 is 1.91 bits per heavy atom. The third-order valence-corrected chi connectivity index (χ3v) is 6.22. The van der Waals surface area contributed by atoms with Crippen LogP contribution in [0, 0.1) is 25.5 Å². The zero-order chi connectivity index (χ0) is 24.3. The first kappa shape index (κ1) is 24.0. The van der Waals surface area contributed by atoms with Crippen LogP contribution in [-0.4, -0.2) is 56.5 Å². The number of benzene rings is 2. The average molecular weight is 471 g/mol. The molecule has 0 bridgehead atoms. The van der Waals surface area contributed by atoms with E-state index in [0.29, 0.717) is 31.5 Å². The lowest BCUT2D eigenvalue weighted by Gasteiger charge is -2.38. The monoisotopic (exact) mass is 470 g/mol. The summed E-state index contributed by atoms with van der Waals surface area (Å²) in [5.74, 6) is -1.87. The van der Waals surface area contributed by atoms with Gasteiger partial charge in [-0.15, -0.1) is 0 Å². The summed E-state index contributed by atoms with van der Waals surface area (Å²) in [7, 11) is 0. The molecule has 2 heterocycles. The minimum absolute atomic E-state index is 0.00667. The van der Waals surface area contributed by atoms with Gasteiger partial charge in [0.25, 0.3) is 0 Å². The van der Waals surface area contributed by atoms with Crippen LogP contribution in [0.3, 0.4) is 0 Å². The number of likely N-dealkylation sites (tertiary alicyclic amines) is 1. The number of ether oxygens (including phenoxy) is 1. The van der Waals surface area contributed by atoms with Crippen LogP contribution in [0.1, 0.15) is 39.9 Å². The molecule has 0 amide bonds. The molecule has 180 valence electrons. The number of hydrogen-bond acceptors (Lipinski definition) is 6. The number of nitrogens with zero attached hydrogens (tertiary/aromatic N) is 4. The van der Waals surface area contributed by atoms with Crippen molar-refractivity contribution in [3.63, 3.8) is 0 Å². The van der Waals surface area contributed by atoms with Gasteiger partial charge in [-0.25, -0.2) is 23.2 Å². The van der Waals surface area contributed by atoms with Crippen molar-refractivity contribution in [2.75, 3.05) is 19.6 Å². The molecule has 1 atom stereocenters. The van der Waals surface area contributed by atoms with Gasteiger partial charge in [0.1, 0.15) is 36.0 Å². The van der Waals surface area contributed by atoms with Crippen LogP contribution in [-0.2, 0) is 16.9 Å². The number of esters is 1. The lowest BCUT2D eigenvalue weighted by atomic mass is 9.91. The molecular formula is C25H28F2N4O3. The molecule has 7 nitrogen and oxygen atoms in total. The van der Waals surface area contributed by atoms with Crippen LogP contribution in [0.5, 0.6) is 0 Å². The van der Waals surface area contributed by atoms with E-state index >= 15 is 0 Å². The van der Waals surface area contributed by atoms with Gasteiger partial charge in [-0.05, 0) is 44.4 Å². The lowest BCUT2D eigenvalue weighted by molar-refractivity contribution is -0.0397. The standard InChI is InChI=1S/C25H28F2N4O3/c1-17-3-5-21(18(2)11-17)24(32)34-20-7-9-30(10-8-20)13-25(33,14-31-16-28-15-29-31)22-6-4-19(26)12-23(22)27/h3-6,11-12,15-16,20,33H,7-10,13-14H2,1-2H3. The second-order valence-corrected chi connectivity index (χ2v) is 8.95. The zero-order valence-corrected chi connectivity index (χ0v) is 19.2. The number of carbonyl (C=O) groups is 1. The second-order valence-electron chi connectivity index (χ2n) is 8.95. The molecule has 0 saturated carbocycles. The highest BCUT2D eigenvalue weighted by molar-refractivity contribution is 5.91. The van der Waals surface area contributed by atoms with Gasteiger partial charge in [-0.1, -0.05) is 23.8 Å². The molecular weight excluding hydrogens is 442 g/mol. The van der Waals surface area contributed by atoms with Gasteiger partial charge in [0.2, 0.25) is 0 Å². The number of halogens is 2. The van der Waals surface area contributed by atoms with Crippen molar-refractivity contribution < 1.29 is 23.4 Å². The zero-order valence-electron chi connectivity index (χ0n) is 19.2. The first-order chi connectivity index (χ1) is 16.2. The molecule has 0 spiro atoms. The molecule has 1 unspecified atom stereocenters. The summed E-state index contributed by atoms with van der Waals surface area (Å²) in [5, 5.41) is 15.5. The smallest absolute Gasteiger partial charge is 0.338 e. The molecule has 1 aromatic heterocycles. The van der Waals surface area contributed by atoms with Crippen molar-refractivity contribution in [2.24, 2.45) is 0 Å². The van der Waals surface area contributed by atoms with E-state index < -0.39 is 17.2 Å². The van der Waals surface area contributed by atoms with E-state index in [1.165, 1.54) is 23.4 Å². The molecule has 0 aliphatic carbocycles. The number of β-amino-alcohol motifs (C(OH)–C–C–N with tert-alkyl or cyclic N) is 1. The minimum Gasteiger partial charge on any atom is -0.459 e. The van der Waals surface area contributed by atoms with Gasteiger partial charge >= 0.3 is 5.97 Å². The predicted molar refractivity (Wildman–Crippen MR) is 121 cm³/mol. The van der Waals surface area contributed by atoms with Crippen LogP contribution in [0.15, 0.2) is 49.1 Å². The highest BCUT2D eigenvalue weighted by Gasteiger charge is 2.37. The van der Waals surface area contributed by atoms with Crippen LogP contribution in [0.25, 0.3) is 0 Å². The van der Waals surface area contributed by atoms with E-state index in [1.54, 1.807) is 6.07 Å². The van der Waals surface area contributed by atoms with Crippen molar-refractivity contribution in [1.82, 2.24) is 19.7 Å². The summed E-state index contributed by atoms with van der Waals surface area (Å²) in [6, 6.07) is 8.77. The molecule has 1 fully saturated rings. The SMILES string of the molecule is Cc1ccc(C(=O)OC2CCN(CC(O)(Cn3cncn3)c3ccc(F)cc3F)CC2)c(C)c1. The molecule has 9 heteroatoms. The van der Waals surface area contributed by atoms with Gasteiger partial charge < -0.3 is 9.84 Å². The van der Waals surface area contributed by atoms with E-state index in [-0.39, 0.29) is 30.7 Å². The van der Waals surface area contributed by atoms with E-state index in [1.807, 2.05) is 30.9 Å². The third-order valence-electron chi connectivity index (χ3n) is 6.22. The fourth-order valence-corrected chi connectivity index (χ4v) is 4.48. The summed E-state index contributed by atoms with van der Waals surface area (Å²) in [4.78, 5) is 18.5. The molecule has 2 aromatic carbocycles. The van der Waals surface area contributed by atoms with Crippen molar-refractivity contribution in [2.45, 2.75) is 44.9 Å². The molecule has 1 aliphatic rings. The molecule has 1 N–H and O–H groups in total. The van der Waals surface area contributed by atoms with Crippen molar-refractivity contribution in [3.8, 4) is 0 Å². The van der Waals surface area contributed by atoms with Gasteiger partial charge in [0.15, 0.2) is 0 Å². The second kappa shape index (κ2) is 9.99. The van der Waals surface area contributed by atoms with Crippen LogP contribution >= 0.6 is 0 Å². The molecule has 4 rings (SSSR count). The van der Waals surface area contributed by atoms with Gasteiger partial charge in [0.05, 0.1) is 12.1 Å². The van der Waals surface area contributed by atoms with Gasteiger partial charge in [-0.2, -0.15) is 5.10 Å². The maximum Gasteiger partial charge on any atom is 0.338 e. The highest BCUT2D eigenvalue weighted by atomic mass is 19.1. The highest BCUT2D eigenvalue weighted by Crippen LogP contribution is 2.29.